The molecule has 19 heavy (non-hydrogen) atoms. The van der Waals surface area contributed by atoms with Gasteiger partial charge < -0.3 is 10.1 Å². The van der Waals surface area contributed by atoms with Crippen LogP contribution >= 0.6 is 15.9 Å². The van der Waals surface area contributed by atoms with E-state index in [2.05, 4.69) is 21.2 Å². The van der Waals surface area contributed by atoms with Gasteiger partial charge in [-0.25, -0.2) is 0 Å². The molecule has 0 atom stereocenters. The monoisotopic (exact) mass is 328 g/mol. The summed E-state index contributed by atoms with van der Waals surface area (Å²) in [6.07, 6.45) is 0. The lowest BCUT2D eigenvalue weighted by molar-refractivity contribution is -0.122. The molecular formula is C14H21BrN2O2. The number of nitrogens with zero attached hydrogens (tertiary/aromatic N) is 1. The Hall–Kier alpha value is -1.07. The molecule has 0 aliphatic rings. The van der Waals surface area contributed by atoms with Gasteiger partial charge in [0.15, 0.2) is 0 Å². The SMILES string of the molecule is CC(C)NC(=O)CN(C)CCOc1cccc(Br)c1. The van der Waals surface area contributed by atoms with Crippen LogP contribution in [0.5, 0.6) is 5.75 Å². The molecule has 0 saturated heterocycles. The van der Waals surface area contributed by atoms with Crippen molar-refractivity contribution in [1.82, 2.24) is 10.2 Å². The minimum atomic E-state index is 0.0416. The van der Waals surface area contributed by atoms with E-state index >= 15 is 0 Å². The van der Waals surface area contributed by atoms with Crippen molar-refractivity contribution in [2.24, 2.45) is 0 Å². The first-order valence-corrected chi connectivity index (χ1v) is 7.13. The van der Waals surface area contributed by atoms with Gasteiger partial charge in [-0.15, -0.1) is 0 Å². The molecule has 0 heterocycles. The number of ether oxygens (including phenoxy) is 1. The molecule has 0 radical (unpaired) electrons. The molecule has 0 aliphatic heterocycles. The minimum Gasteiger partial charge on any atom is -0.492 e. The zero-order valence-electron chi connectivity index (χ0n) is 11.6. The fraction of sp³-hybridized carbons (Fsp3) is 0.500. The molecule has 1 aromatic carbocycles. The summed E-state index contributed by atoms with van der Waals surface area (Å²) in [6.45, 7) is 5.56. The van der Waals surface area contributed by atoms with E-state index < -0.39 is 0 Å². The molecule has 0 saturated carbocycles. The van der Waals surface area contributed by atoms with Gasteiger partial charge in [-0.3, -0.25) is 9.69 Å². The van der Waals surface area contributed by atoms with Crippen LogP contribution in [0.2, 0.25) is 0 Å². The van der Waals surface area contributed by atoms with Crippen molar-refractivity contribution >= 4 is 21.8 Å². The molecule has 4 nitrogen and oxygen atoms in total. The number of carbonyl (C=O) groups is 1. The van der Waals surface area contributed by atoms with Gasteiger partial charge >= 0.3 is 0 Å². The molecule has 5 heteroatoms. The average Bonchev–Trinajstić information content (AvgIpc) is 2.27. The molecule has 0 aliphatic carbocycles. The molecule has 1 N–H and O–H groups in total. The summed E-state index contributed by atoms with van der Waals surface area (Å²) in [7, 11) is 1.91. The first-order chi connectivity index (χ1) is 8.97. The Balaban J connectivity index is 2.23. The molecule has 0 spiro atoms. The van der Waals surface area contributed by atoms with Gasteiger partial charge in [0, 0.05) is 17.1 Å². The van der Waals surface area contributed by atoms with Crippen molar-refractivity contribution in [3.05, 3.63) is 28.7 Å². The number of hydrogen-bond acceptors (Lipinski definition) is 3. The maximum Gasteiger partial charge on any atom is 0.234 e. The lowest BCUT2D eigenvalue weighted by Gasteiger charge is -2.17. The van der Waals surface area contributed by atoms with Crippen LogP contribution in [0.4, 0.5) is 0 Å². The highest BCUT2D eigenvalue weighted by molar-refractivity contribution is 9.10. The number of hydrogen-bond donors (Lipinski definition) is 1. The lowest BCUT2D eigenvalue weighted by atomic mass is 10.3. The molecule has 0 unspecified atom stereocenters. The van der Waals surface area contributed by atoms with Crippen molar-refractivity contribution in [1.29, 1.82) is 0 Å². The summed E-state index contributed by atoms with van der Waals surface area (Å²) in [6, 6.07) is 7.90. The Kier molecular flexibility index (Phi) is 6.87. The zero-order valence-corrected chi connectivity index (χ0v) is 13.2. The van der Waals surface area contributed by atoms with E-state index in [1.807, 2.05) is 50.1 Å². The summed E-state index contributed by atoms with van der Waals surface area (Å²) >= 11 is 3.40. The second-order valence-electron chi connectivity index (χ2n) is 4.77. The minimum absolute atomic E-state index is 0.0416. The first-order valence-electron chi connectivity index (χ1n) is 6.33. The topological polar surface area (TPSA) is 41.6 Å². The van der Waals surface area contributed by atoms with E-state index in [1.165, 1.54) is 0 Å². The highest BCUT2D eigenvalue weighted by Crippen LogP contribution is 2.17. The van der Waals surface area contributed by atoms with Crippen LogP contribution in [0, 0.1) is 0 Å². The molecule has 1 rings (SSSR count). The van der Waals surface area contributed by atoms with Gasteiger partial charge in [0.25, 0.3) is 0 Å². The van der Waals surface area contributed by atoms with Gasteiger partial charge in [-0.05, 0) is 39.1 Å². The maximum absolute atomic E-state index is 11.5. The second kappa shape index (κ2) is 8.17. The smallest absolute Gasteiger partial charge is 0.234 e. The highest BCUT2D eigenvalue weighted by atomic mass is 79.9. The molecule has 1 aromatic rings. The Bertz CT molecular complexity index is 410. The van der Waals surface area contributed by atoms with Crippen LogP contribution in [-0.4, -0.2) is 43.6 Å². The number of likely N-dealkylation sites (N-methyl/N-ethyl adjacent to an activating group) is 1. The highest BCUT2D eigenvalue weighted by Gasteiger charge is 2.07. The predicted molar refractivity (Wildman–Crippen MR) is 80.4 cm³/mol. The van der Waals surface area contributed by atoms with Crippen molar-refractivity contribution in [3.8, 4) is 5.75 Å². The third-order valence-electron chi connectivity index (χ3n) is 2.40. The van der Waals surface area contributed by atoms with Crippen LogP contribution in [0.25, 0.3) is 0 Å². The summed E-state index contributed by atoms with van der Waals surface area (Å²) in [4.78, 5) is 13.5. The van der Waals surface area contributed by atoms with Crippen LogP contribution in [0.3, 0.4) is 0 Å². The van der Waals surface area contributed by atoms with Gasteiger partial charge in [0.1, 0.15) is 12.4 Å². The van der Waals surface area contributed by atoms with E-state index in [0.29, 0.717) is 19.7 Å². The molecule has 1 amide bonds. The van der Waals surface area contributed by atoms with E-state index in [0.717, 1.165) is 10.2 Å². The third-order valence-corrected chi connectivity index (χ3v) is 2.89. The molecule has 0 fully saturated rings. The van der Waals surface area contributed by atoms with E-state index in [1.54, 1.807) is 0 Å². The van der Waals surface area contributed by atoms with Crippen molar-refractivity contribution in [2.75, 3.05) is 26.7 Å². The average molecular weight is 329 g/mol. The third kappa shape index (κ3) is 7.18. The van der Waals surface area contributed by atoms with Crippen molar-refractivity contribution < 1.29 is 9.53 Å². The van der Waals surface area contributed by atoms with Crippen molar-refractivity contribution in [2.45, 2.75) is 19.9 Å². The maximum atomic E-state index is 11.5. The largest absolute Gasteiger partial charge is 0.492 e. The predicted octanol–water partition coefficient (Wildman–Crippen LogP) is 2.28. The summed E-state index contributed by atoms with van der Waals surface area (Å²) in [5.74, 6) is 0.870. The van der Waals surface area contributed by atoms with Gasteiger partial charge in [0.05, 0.1) is 6.54 Å². The Morgan fingerprint density at radius 1 is 1.47 bits per heavy atom. The zero-order chi connectivity index (χ0) is 14.3. The number of carbonyl (C=O) groups excluding carboxylic acids is 1. The molecule has 0 bridgehead atoms. The van der Waals surface area contributed by atoms with Crippen molar-refractivity contribution in [3.63, 3.8) is 0 Å². The number of nitrogens with one attached hydrogen (secondary N) is 1. The van der Waals surface area contributed by atoms with Crippen LogP contribution in [0.1, 0.15) is 13.8 Å². The summed E-state index contributed by atoms with van der Waals surface area (Å²) in [5.41, 5.74) is 0. The van der Waals surface area contributed by atoms with Crippen LogP contribution < -0.4 is 10.1 Å². The summed E-state index contributed by atoms with van der Waals surface area (Å²) in [5, 5.41) is 2.86. The fourth-order valence-electron chi connectivity index (χ4n) is 1.57. The molecular weight excluding hydrogens is 308 g/mol. The standard InChI is InChI=1S/C14H21BrN2O2/c1-11(2)16-14(18)10-17(3)7-8-19-13-6-4-5-12(15)9-13/h4-6,9,11H,7-8,10H2,1-3H3,(H,16,18). The van der Waals surface area contributed by atoms with E-state index in [4.69, 9.17) is 4.74 Å². The van der Waals surface area contributed by atoms with Gasteiger partial charge in [-0.1, -0.05) is 22.0 Å². The first kappa shape index (κ1) is 16.0. The fourth-order valence-corrected chi connectivity index (χ4v) is 1.95. The number of benzene rings is 1. The number of amides is 1. The van der Waals surface area contributed by atoms with Gasteiger partial charge in [0.2, 0.25) is 5.91 Å². The lowest BCUT2D eigenvalue weighted by Crippen LogP contribution is -2.39. The van der Waals surface area contributed by atoms with E-state index in [-0.39, 0.29) is 11.9 Å². The molecule has 0 aromatic heterocycles. The summed E-state index contributed by atoms with van der Waals surface area (Å²) < 4.78 is 6.61. The van der Waals surface area contributed by atoms with Crippen LogP contribution in [-0.2, 0) is 4.79 Å². The Morgan fingerprint density at radius 3 is 2.84 bits per heavy atom. The quantitative estimate of drug-likeness (QED) is 0.834. The number of halogens is 1. The number of rotatable bonds is 7. The van der Waals surface area contributed by atoms with Crippen LogP contribution in [0.15, 0.2) is 28.7 Å². The Morgan fingerprint density at radius 2 is 2.21 bits per heavy atom. The molecule has 106 valence electrons. The Labute approximate surface area is 123 Å². The normalized spacial score (nSPS) is 10.8. The second-order valence-corrected chi connectivity index (χ2v) is 5.68. The van der Waals surface area contributed by atoms with Gasteiger partial charge in [-0.2, -0.15) is 0 Å². The van der Waals surface area contributed by atoms with E-state index in [9.17, 15) is 4.79 Å².